The van der Waals surface area contributed by atoms with E-state index in [0.717, 1.165) is 50.4 Å². The summed E-state index contributed by atoms with van der Waals surface area (Å²) in [5.74, 6) is 0.631. The molecule has 0 saturated carbocycles. The van der Waals surface area contributed by atoms with Crippen LogP contribution in [-0.2, 0) is 17.7 Å². The number of fused-ring (bicyclic) bond motifs is 1. The number of thiophene rings is 1. The van der Waals surface area contributed by atoms with Crippen LogP contribution in [0, 0.1) is 0 Å². The molecule has 1 fully saturated rings. The van der Waals surface area contributed by atoms with E-state index >= 15 is 0 Å². The molecular formula is C25H26N2O3S. The summed E-state index contributed by atoms with van der Waals surface area (Å²) in [4.78, 5) is 16.5. The molecule has 31 heavy (non-hydrogen) atoms. The van der Waals surface area contributed by atoms with Gasteiger partial charge in [-0.1, -0.05) is 0 Å². The quantitative estimate of drug-likeness (QED) is 0.585. The van der Waals surface area contributed by atoms with Crippen LogP contribution < -0.4 is 15.0 Å². The zero-order valence-electron chi connectivity index (χ0n) is 17.4. The molecular weight excluding hydrogens is 408 g/mol. The molecule has 1 amide bonds. The van der Waals surface area contributed by atoms with Crippen LogP contribution >= 0.6 is 11.3 Å². The Morgan fingerprint density at radius 2 is 1.97 bits per heavy atom. The lowest BCUT2D eigenvalue weighted by Crippen LogP contribution is -2.29. The molecule has 3 heterocycles. The summed E-state index contributed by atoms with van der Waals surface area (Å²) in [7, 11) is 0. The Kier molecular flexibility index (Phi) is 5.91. The molecule has 1 atom stereocenters. The molecule has 1 saturated heterocycles. The van der Waals surface area contributed by atoms with Gasteiger partial charge in [0.1, 0.15) is 12.4 Å². The summed E-state index contributed by atoms with van der Waals surface area (Å²) < 4.78 is 11.3. The minimum Gasteiger partial charge on any atom is -0.491 e. The highest BCUT2D eigenvalue weighted by atomic mass is 32.1. The van der Waals surface area contributed by atoms with Gasteiger partial charge in [-0.3, -0.25) is 4.79 Å². The van der Waals surface area contributed by atoms with Gasteiger partial charge in [-0.15, -0.1) is 11.3 Å². The highest BCUT2D eigenvalue weighted by Gasteiger charge is 2.18. The van der Waals surface area contributed by atoms with Crippen molar-refractivity contribution in [2.75, 3.05) is 30.0 Å². The van der Waals surface area contributed by atoms with Crippen molar-refractivity contribution >= 4 is 28.6 Å². The van der Waals surface area contributed by atoms with Gasteiger partial charge in [0.25, 0.3) is 5.91 Å². The average Bonchev–Trinajstić information content (AvgIpc) is 3.50. The summed E-state index contributed by atoms with van der Waals surface area (Å²) in [6, 6.07) is 17.6. The van der Waals surface area contributed by atoms with E-state index in [9.17, 15) is 4.79 Å². The van der Waals surface area contributed by atoms with E-state index in [4.69, 9.17) is 9.47 Å². The second-order valence-corrected chi connectivity index (χ2v) is 9.01. The van der Waals surface area contributed by atoms with E-state index in [1.807, 2.05) is 35.6 Å². The predicted molar refractivity (Wildman–Crippen MR) is 124 cm³/mol. The van der Waals surface area contributed by atoms with E-state index < -0.39 is 0 Å². The van der Waals surface area contributed by atoms with Crippen LogP contribution in [0.5, 0.6) is 5.75 Å². The van der Waals surface area contributed by atoms with E-state index in [0.29, 0.717) is 12.2 Å². The van der Waals surface area contributed by atoms with E-state index in [-0.39, 0.29) is 12.0 Å². The first-order valence-corrected chi connectivity index (χ1v) is 11.7. The molecule has 2 aliphatic rings. The molecule has 160 valence electrons. The maximum absolute atomic E-state index is 12.6. The van der Waals surface area contributed by atoms with Crippen LogP contribution in [0.15, 0.2) is 60.0 Å². The van der Waals surface area contributed by atoms with Gasteiger partial charge in [0, 0.05) is 41.5 Å². The van der Waals surface area contributed by atoms with Crippen LogP contribution in [0.3, 0.4) is 0 Å². The summed E-state index contributed by atoms with van der Waals surface area (Å²) in [6.45, 7) is 3.36. The molecule has 5 rings (SSSR count). The smallest absolute Gasteiger partial charge is 0.255 e. The summed E-state index contributed by atoms with van der Waals surface area (Å²) in [5.41, 5.74) is 4.01. The third-order valence-electron chi connectivity index (χ3n) is 5.87. The fraction of sp³-hybridized carbons (Fsp3) is 0.320. The molecule has 6 heteroatoms. The number of carbonyl (C=O) groups is 1. The number of nitrogens with zero attached hydrogens (tertiary/aromatic N) is 1. The summed E-state index contributed by atoms with van der Waals surface area (Å²) >= 11 is 1.85. The molecule has 1 unspecified atom stereocenters. The van der Waals surface area contributed by atoms with Crippen molar-refractivity contribution in [3.05, 3.63) is 76.0 Å². The van der Waals surface area contributed by atoms with Gasteiger partial charge in [-0.2, -0.15) is 0 Å². The van der Waals surface area contributed by atoms with Crippen molar-refractivity contribution in [2.45, 2.75) is 31.9 Å². The van der Waals surface area contributed by atoms with Gasteiger partial charge in [0.15, 0.2) is 0 Å². The zero-order valence-corrected chi connectivity index (χ0v) is 18.2. The van der Waals surface area contributed by atoms with Crippen molar-refractivity contribution in [3.63, 3.8) is 0 Å². The molecule has 1 aromatic heterocycles. The first kappa shape index (κ1) is 20.1. The number of anilines is 2. The highest BCUT2D eigenvalue weighted by molar-refractivity contribution is 7.10. The lowest BCUT2D eigenvalue weighted by atomic mass is 10.1. The Labute approximate surface area is 186 Å². The number of hydrogen-bond acceptors (Lipinski definition) is 5. The van der Waals surface area contributed by atoms with Gasteiger partial charge in [-0.25, -0.2) is 0 Å². The fourth-order valence-electron chi connectivity index (χ4n) is 4.10. The number of hydrogen-bond donors (Lipinski definition) is 1. The lowest BCUT2D eigenvalue weighted by molar-refractivity contribution is 0.0679. The first-order valence-electron chi connectivity index (χ1n) is 10.8. The Bertz CT molecular complexity index is 1020. The zero-order chi connectivity index (χ0) is 21.0. The normalized spacial score (nSPS) is 17.9. The number of nitrogens with one attached hydrogen (secondary N) is 1. The van der Waals surface area contributed by atoms with E-state index in [1.54, 1.807) is 12.1 Å². The van der Waals surface area contributed by atoms with Crippen molar-refractivity contribution in [1.82, 2.24) is 0 Å². The topological polar surface area (TPSA) is 50.8 Å². The fourth-order valence-corrected chi connectivity index (χ4v) is 4.98. The van der Waals surface area contributed by atoms with Gasteiger partial charge in [0.2, 0.25) is 0 Å². The monoisotopic (exact) mass is 434 g/mol. The Morgan fingerprint density at radius 3 is 2.74 bits per heavy atom. The van der Waals surface area contributed by atoms with E-state index in [2.05, 4.69) is 33.8 Å². The third kappa shape index (κ3) is 4.75. The van der Waals surface area contributed by atoms with E-state index in [1.165, 1.54) is 16.1 Å². The molecule has 0 bridgehead atoms. The molecule has 0 radical (unpaired) electrons. The lowest BCUT2D eigenvalue weighted by Gasteiger charge is -2.29. The Balaban J connectivity index is 1.16. The van der Waals surface area contributed by atoms with Crippen molar-refractivity contribution in [2.24, 2.45) is 0 Å². The van der Waals surface area contributed by atoms with Gasteiger partial charge >= 0.3 is 0 Å². The number of ether oxygens (including phenoxy) is 2. The SMILES string of the molecule is O=C(Nc1ccc(N2CCc3sccc3C2)cc1)c1ccc(OCC2CCCO2)cc1. The largest absolute Gasteiger partial charge is 0.491 e. The Hall–Kier alpha value is -2.83. The van der Waals surface area contributed by atoms with Crippen LogP contribution in [0.4, 0.5) is 11.4 Å². The molecule has 0 aliphatic carbocycles. The van der Waals surface area contributed by atoms with Crippen LogP contribution in [-0.4, -0.2) is 31.8 Å². The molecule has 2 aromatic carbocycles. The number of amides is 1. The second-order valence-electron chi connectivity index (χ2n) is 8.01. The molecule has 1 N–H and O–H groups in total. The molecule has 2 aliphatic heterocycles. The molecule has 0 spiro atoms. The van der Waals surface area contributed by atoms with Crippen LogP contribution in [0.2, 0.25) is 0 Å². The highest BCUT2D eigenvalue weighted by Crippen LogP contribution is 2.28. The van der Waals surface area contributed by atoms with Gasteiger partial charge < -0.3 is 19.7 Å². The standard InChI is InChI=1S/C25H26N2O3S/c28-25(18-3-9-22(10-4-18)30-17-23-2-1-14-29-23)26-20-5-7-21(8-6-20)27-13-11-24-19(16-27)12-15-31-24/h3-10,12,15,23H,1-2,11,13-14,16-17H2,(H,26,28). The van der Waals surface area contributed by atoms with Crippen molar-refractivity contribution in [1.29, 1.82) is 0 Å². The molecule has 5 nitrogen and oxygen atoms in total. The van der Waals surface area contributed by atoms with Crippen LogP contribution in [0.1, 0.15) is 33.6 Å². The minimum atomic E-state index is -0.126. The van der Waals surface area contributed by atoms with Crippen LogP contribution in [0.25, 0.3) is 0 Å². The van der Waals surface area contributed by atoms with Crippen molar-refractivity contribution < 1.29 is 14.3 Å². The third-order valence-corrected chi connectivity index (χ3v) is 6.90. The predicted octanol–water partition coefficient (Wildman–Crippen LogP) is 5.12. The maximum Gasteiger partial charge on any atom is 0.255 e. The van der Waals surface area contributed by atoms with Gasteiger partial charge in [-0.05, 0) is 84.8 Å². The average molecular weight is 435 g/mol. The molecule has 3 aromatic rings. The van der Waals surface area contributed by atoms with Gasteiger partial charge in [0.05, 0.1) is 6.10 Å². The summed E-state index contributed by atoms with van der Waals surface area (Å²) in [5, 5.41) is 5.16. The number of carbonyl (C=O) groups excluding carboxylic acids is 1. The minimum absolute atomic E-state index is 0.126. The Morgan fingerprint density at radius 1 is 1.13 bits per heavy atom. The number of benzene rings is 2. The maximum atomic E-state index is 12.6. The number of rotatable bonds is 6. The first-order chi connectivity index (χ1) is 15.2. The van der Waals surface area contributed by atoms with Crippen molar-refractivity contribution in [3.8, 4) is 5.75 Å². The second kappa shape index (κ2) is 9.12. The summed E-state index contributed by atoms with van der Waals surface area (Å²) in [6.07, 6.45) is 3.43.